The number of aromatic nitrogens is 2. The summed E-state index contributed by atoms with van der Waals surface area (Å²) in [6.07, 6.45) is 4.74. The van der Waals surface area contributed by atoms with E-state index >= 15 is 0 Å². The summed E-state index contributed by atoms with van der Waals surface area (Å²) in [5.74, 6) is 1.56. The highest BCUT2D eigenvalue weighted by atomic mass is 35.5. The summed E-state index contributed by atoms with van der Waals surface area (Å²) in [7, 11) is 1.92. The van der Waals surface area contributed by atoms with Gasteiger partial charge in [0.1, 0.15) is 18.2 Å². The van der Waals surface area contributed by atoms with E-state index in [4.69, 9.17) is 10.5 Å². The molecule has 0 aliphatic rings. The first kappa shape index (κ1) is 21.2. The standard InChI is InChI=1S/C15H20N4O2.2ClH/c1-19-10-9-17-14(19)11-21-13-6-4-12(5-7-13)18-15(20)3-2-8-16;;/h4-7,9-10H,2-3,8,11,16H2,1H3,(H,18,20);2*1H. The van der Waals surface area contributed by atoms with Gasteiger partial charge in [-0.3, -0.25) is 4.79 Å². The molecule has 0 bridgehead atoms. The number of halogens is 2. The summed E-state index contributed by atoms with van der Waals surface area (Å²) in [5, 5.41) is 2.82. The van der Waals surface area contributed by atoms with Crippen LogP contribution in [0.25, 0.3) is 0 Å². The Kier molecular flexibility index (Phi) is 10.0. The van der Waals surface area contributed by atoms with Crippen LogP contribution in [-0.4, -0.2) is 22.0 Å². The van der Waals surface area contributed by atoms with Crippen LogP contribution < -0.4 is 15.8 Å². The third-order valence-corrected chi connectivity index (χ3v) is 3.03. The number of carbonyl (C=O) groups excluding carboxylic acids is 1. The number of anilines is 1. The molecule has 0 atom stereocenters. The fourth-order valence-electron chi connectivity index (χ4n) is 1.80. The van der Waals surface area contributed by atoms with Crippen LogP contribution in [0.5, 0.6) is 5.75 Å². The number of aryl methyl sites for hydroxylation is 1. The Morgan fingerprint density at radius 2 is 2.00 bits per heavy atom. The fraction of sp³-hybridized carbons (Fsp3) is 0.333. The van der Waals surface area contributed by atoms with Crippen molar-refractivity contribution in [1.82, 2.24) is 9.55 Å². The van der Waals surface area contributed by atoms with Gasteiger partial charge in [0, 0.05) is 31.5 Å². The number of nitrogens with two attached hydrogens (primary N) is 1. The van der Waals surface area contributed by atoms with Gasteiger partial charge < -0.3 is 20.4 Å². The Hall–Kier alpha value is -1.76. The van der Waals surface area contributed by atoms with Crippen LogP contribution in [0, 0.1) is 0 Å². The number of hydrogen-bond donors (Lipinski definition) is 2. The number of benzene rings is 1. The molecule has 2 rings (SSSR count). The van der Waals surface area contributed by atoms with E-state index < -0.39 is 0 Å². The molecule has 6 nitrogen and oxygen atoms in total. The van der Waals surface area contributed by atoms with E-state index in [9.17, 15) is 4.79 Å². The van der Waals surface area contributed by atoms with E-state index in [1.54, 1.807) is 6.20 Å². The second kappa shape index (κ2) is 10.9. The lowest BCUT2D eigenvalue weighted by Crippen LogP contribution is -2.13. The van der Waals surface area contributed by atoms with E-state index in [2.05, 4.69) is 10.3 Å². The zero-order chi connectivity index (χ0) is 15.1. The van der Waals surface area contributed by atoms with E-state index in [1.165, 1.54) is 0 Å². The average molecular weight is 361 g/mol. The van der Waals surface area contributed by atoms with Crippen LogP contribution in [0.15, 0.2) is 36.7 Å². The van der Waals surface area contributed by atoms with Crippen LogP contribution in [-0.2, 0) is 18.4 Å². The highest BCUT2D eigenvalue weighted by Gasteiger charge is 2.03. The topological polar surface area (TPSA) is 82.2 Å². The zero-order valence-corrected chi connectivity index (χ0v) is 14.5. The van der Waals surface area contributed by atoms with Crippen molar-refractivity contribution in [2.24, 2.45) is 12.8 Å². The molecular formula is C15H22Cl2N4O2. The number of nitrogens with one attached hydrogen (secondary N) is 1. The molecule has 3 N–H and O–H groups in total. The normalized spacial score (nSPS) is 9.48. The molecular weight excluding hydrogens is 339 g/mol. The van der Waals surface area contributed by atoms with Gasteiger partial charge in [-0.05, 0) is 37.2 Å². The minimum Gasteiger partial charge on any atom is -0.486 e. The van der Waals surface area contributed by atoms with Gasteiger partial charge in [-0.15, -0.1) is 24.8 Å². The Bertz CT molecular complexity index is 587. The first-order chi connectivity index (χ1) is 10.2. The number of hydrogen-bond acceptors (Lipinski definition) is 4. The van der Waals surface area contributed by atoms with Crippen LogP contribution in [0.2, 0.25) is 0 Å². The van der Waals surface area contributed by atoms with Gasteiger partial charge in [0.15, 0.2) is 0 Å². The number of rotatable bonds is 7. The molecule has 2 aromatic rings. The molecule has 1 aromatic carbocycles. The molecule has 0 radical (unpaired) electrons. The summed E-state index contributed by atoms with van der Waals surface area (Å²) >= 11 is 0. The van der Waals surface area contributed by atoms with Gasteiger partial charge in [-0.2, -0.15) is 0 Å². The molecule has 1 aromatic heterocycles. The molecule has 0 saturated carbocycles. The third kappa shape index (κ3) is 6.90. The fourth-order valence-corrected chi connectivity index (χ4v) is 1.80. The highest BCUT2D eigenvalue weighted by Crippen LogP contribution is 2.17. The maximum absolute atomic E-state index is 11.6. The van der Waals surface area contributed by atoms with Crippen molar-refractivity contribution in [3.8, 4) is 5.75 Å². The zero-order valence-electron chi connectivity index (χ0n) is 12.9. The van der Waals surface area contributed by atoms with Crippen molar-refractivity contribution >= 4 is 36.4 Å². The average Bonchev–Trinajstić information content (AvgIpc) is 2.90. The molecule has 0 unspecified atom stereocenters. The maximum Gasteiger partial charge on any atom is 0.224 e. The van der Waals surface area contributed by atoms with Crippen molar-refractivity contribution in [2.45, 2.75) is 19.4 Å². The van der Waals surface area contributed by atoms with Gasteiger partial charge in [0.05, 0.1) is 0 Å². The number of nitrogens with zero attached hydrogens (tertiary/aromatic N) is 2. The van der Waals surface area contributed by atoms with E-state index in [0.717, 1.165) is 17.3 Å². The minimum absolute atomic E-state index is 0. The SMILES string of the molecule is Cl.Cl.Cn1ccnc1COc1ccc(NC(=O)CCCN)cc1. The van der Waals surface area contributed by atoms with Crippen LogP contribution in [0.3, 0.4) is 0 Å². The van der Waals surface area contributed by atoms with Crippen LogP contribution in [0.1, 0.15) is 18.7 Å². The van der Waals surface area contributed by atoms with Gasteiger partial charge in [0.2, 0.25) is 5.91 Å². The second-order valence-corrected chi connectivity index (χ2v) is 4.71. The molecule has 0 spiro atoms. The van der Waals surface area contributed by atoms with Crippen molar-refractivity contribution in [2.75, 3.05) is 11.9 Å². The first-order valence-corrected chi connectivity index (χ1v) is 6.88. The smallest absolute Gasteiger partial charge is 0.224 e. The largest absolute Gasteiger partial charge is 0.486 e. The third-order valence-electron chi connectivity index (χ3n) is 3.03. The number of carbonyl (C=O) groups is 1. The Morgan fingerprint density at radius 1 is 1.30 bits per heavy atom. The molecule has 1 amide bonds. The summed E-state index contributed by atoms with van der Waals surface area (Å²) in [4.78, 5) is 15.8. The van der Waals surface area contributed by atoms with Gasteiger partial charge in [-0.25, -0.2) is 4.98 Å². The highest BCUT2D eigenvalue weighted by molar-refractivity contribution is 5.90. The lowest BCUT2D eigenvalue weighted by atomic mass is 10.2. The molecule has 23 heavy (non-hydrogen) atoms. The molecule has 8 heteroatoms. The molecule has 0 aliphatic heterocycles. The van der Waals surface area contributed by atoms with E-state index in [-0.39, 0.29) is 30.7 Å². The van der Waals surface area contributed by atoms with Gasteiger partial charge in [0.25, 0.3) is 0 Å². The predicted octanol–water partition coefficient (Wildman–Crippen LogP) is 2.52. The van der Waals surface area contributed by atoms with Crippen molar-refractivity contribution in [3.05, 3.63) is 42.5 Å². The summed E-state index contributed by atoms with van der Waals surface area (Å²) in [5.41, 5.74) is 6.12. The quantitative estimate of drug-likeness (QED) is 0.794. The number of ether oxygens (including phenoxy) is 1. The molecule has 0 aliphatic carbocycles. The predicted molar refractivity (Wildman–Crippen MR) is 95.4 cm³/mol. The lowest BCUT2D eigenvalue weighted by molar-refractivity contribution is -0.116. The van der Waals surface area contributed by atoms with Crippen molar-refractivity contribution < 1.29 is 9.53 Å². The number of imidazole rings is 1. The number of amides is 1. The summed E-state index contributed by atoms with van der Waals surface area (Å²) in [6.45, 7) is 0.930. The Labute approximate surface area is 148 Å². The monoisotopic (exact) mass is 360 g/mol. The minimum atomic E-state index is -0.0258. The van der Waals surface area contributed by atoms with E-state index in [1.807, 2.05) is 42.1 Å². The lowest BCUT2D eigenvalue weighted by Gasteiger charge is -2.08. The summed E-state index contributed by atoms with van der Waals surface area (Å²) < 4.78 is 7.55. The van der Waals surface area contributed by atoms with Gasteiger partial charge in [-0.1, -0.05) is 0 Å². The van der Waals surface area contributed by atoms with Gasteiger partial charge >= 0.3 is 0 Å². The molecule has 0 saturated heterocycles. The molecule has 1 heterocycles. The first-order valence-electron chi connectivity index (χ1n) is 6.88. The molecule has 128 valence electrons. The Balaban J connectivity index is 0.00000242. The second-order valence-electron chi connectivity index (χ2n) is 4.71. The Morgan fingerprint density at radius 3 is 2.57 bits per heavy atom. The van der Waals surface area contributed by atoms with Crippen LogP contribution in [0.4, 0.5) is 5.69 Å². The van der Waals surface area contributed by atoms with Crippen molar-refractivity contribution in [3.63, 3.8) is 0 Å². The van der Waals surface area contributed by atoms with E-state index in [0.29, 0.717) is 26.0 Å². The maximum atomic E-state index is 11.6. The molecule has 0 fully saturated rings. The van der Waals surface area contributed by atoms with Crippen LogP contribution >= 0.6 is 24.8 Å². The van der Waals surface area contributed by atoms with Crippen molar-refractivity contribution in [1.29, 1.82) is 0 Å². The summed E-state index contributed by atoms with van der Waals surface area (Å²) in [6, 6.07) is 7.27.